The fourth-order valence-electron chi connectivity index (χ4n) is 2.19. The summed E-state index contributed by atoms with van der Waals surface area (Å²) in [4.78, 5) is 2.31. The summed E-state index contributed by atoms with van der Waals surface area (Å²) in [5.74, 6) is 0. The standard InChI is InChI=1S/C15H23N3/c1-4-11-18(5-2)13-15(12-16,17-3)14-9-7-6-8-10-14/h6-10,17H,4-5,11,13H2,1-3H3. The largest absolute Gasteiger partial charge is 0.300 e. The van der Waals surface area contributed by atoms with Crippen molar-refractivity contribution in [3.05, 3.63) is 35.9 Å². The molecule has 0 fully saturated rings. The van der Waals surface area contributed by atoms with Gasteiger partial charge in [-0.05, 0) is 32.1 Å². The molecule has 1 N–H and O–H groups in total. The van der Waals surface area contributed by atoms with Crippen molar-refractivity contribution >= 4 is 0 Å². The van der Waals surface area contributed by atoms with E-state index in [1.807, 2.05) is 37.4 Å². The third-order valence-corrected chi connectivity index (χ3v) is 3.33. The first-order valence-corrected chi connectivity index (χ1v) is 6.60. The normalized spacial score (nSPS) is 14.2. The summed E-state index contributed by atoms with van der Waals surface area (Å²) in [6, 6.07) is 12.4. The van der Waals surface area contributed by atoms with Gasteiger partial charge in [0.05, 0.1) is 6.07 Å². The van der Waals surface area contributed by atoms with Gasteiger partial charge in [0, 0.05) is 6.54 Å². The molecule has 1 unspecified atom stereocenters. The SMILES string of the molecule is CCCN(CC)CC(C#N)(NC)c1ccccc1. The van der Waals surface area contributed by atoms with E-state index in [2.05, 4.69) is 30.1 Å². The zero-order chi connectivity index (χ0) is 13.4. The Morgan fingerprint density at radius 2 is 1.94 bits per heavy atom. The van der Waals surface area contributed by atoms with Gasteiger partial charge < -0.3 is 4.90 Å². The molecule has 0 aliphatic rings. The van der Waals surface area contributed by atoms with Gasteiger partial charge in [0.2, 0.25) is 0 Å². The van der Waals surface area contributed by atoms with E-state index >= 15 is 0 Å². The molecule has 18 heavy (non-hydrogen) atoms. The fourth-order valence-corrected chi connectivity index (χ4v) is 2.19. The highest BCUT2D eigenvalue weighted by Crippen LogP contribution is 2.21. The lowest BCUT2D eigenvalue weighted by atomic mass is 9.90. The van der Waals surface area contributed by atoms with Gasteiger partial charge >= 0.3 is 0 Å². The first-order chi connectivity index (χ1) is 8.72. The van der Waals surface area contributed by atoms with E-state index in [4.69, 9.17) is 0 Å². The number of nitrogens with zero attached hydrogens (tertiary/aromatic N) is 2. The van der Waals surface area contributed by atoms with Gasteiger partial charge in [0.1, 0.15) is 5.54 Å². The second-order valence-electron chi connectivity index (χ2n) is 4.50. The lowest BCUT2D eigenvalue weighted by Gasteiger charge is -2.32. The first-order valence-electron chi connectivity index (χ1n) is 6.60. The predicted octanol–water partition coefficient (Wildman–Crippen LogP) is 2.36. The van der Waals surface area contributed by atoms with Gasteiger partial charge in [-0.25, -0.2) is 0 Å². The molecule has 0 aromatic heterocycles. The number of likely N-dealkylation sites (N-methyl/N-ethyl adjacent to an activating group) is 2. The van der Waals surface area contributed by atoms with Crippen LogP contribution in [0, 0.1) is 11.3 Å². The Hall–Kier alpha value is -1.37. The van der Waals surface area contributed by atoms with Crippen LogP contribution in [0.3, 0.4) is 0 Å². The van der Waals surface area contributed by atoms with Crippen LogP contribution in [0.2, 0.25) is 0 Å². The molecule has 3 heteroatoms. The summed E-state index contributed by atoms with van der Waals surface area (Å²) in [5.41, 5.74) is 0.413. The Morgan fingerprint density at radius 1 is 1.28 bits per heavy atom. The number of benzene rings is 1. The fraction of sp³-hybridized carbons (Fsp3) is 0.533. The molecule has 0 aliphatic carbocycles. The van der Waals surface area contributed by atoms with Crippen LogP contribution in [-0.2, 0) is 5.54 Å². The van der Waals surface area contributed by atoms with Gasteiger partial charge in [-0.2, -0.15) is 5.26 Å². The molecular formula is C15H23N3. The Morgan fingerprint density at radius 3 is 2.39 bits per heavy atom. The van der Waals surface area contributed by atoms with E-state index < -0.39 is 5.54 Å². The minimum absolute atomic E-state index is 0.619. The maximum atomic E-state index is 9.60. The lowest BCUT2D eigenvalue weighted by molar-refractivity contribution is 0.226. The Kier molecular flexibility index (Phi) is 5.84. The molecule has 1 aromatic carbocycles. The lowest BCUT2D eigenvalue weighted by Crippen LogP contribution is -2.48. The zero-order valence-electron chi connectivity index (χ0n) is 11.6. The van der Waals surface area contributed by atoms with Gasteiger partial charge in [-0.3, -0.25) is 5.32 Å². The Bertz CT molecular complexity index is 382. The molecule has 0 radical (unpaired) electrons. The first kappa shape index (κ1) is 14.7. The topological polar surface area (TPSA) is 39.1 Å². The average molecular weight is 245 g/mol. The van der Waals surface area contributed by atoms with Crippen LogP contribution in [0.15, 0.2) is 30.3 Å². The molecule has 0 saturated heterocycles. The average Bonchev–Trinajstić information content (AvgIpc) is 2.45. The van der Waals surface area contributed by atoms with Crippen LogP contribution in [0.1, 0.15) is 25.8 Å². The van der Waals surface area contributed by atoms with Crippen molar-refractivity contribution in [3.63, 3.8) is 0 Å². The minimum atomic E-state index is -0.619. The molecular weight excluding hydrogens is 222 g/mol. The van der Waals surface area contributed by atoms with Crippen molar-refractivity contribution in [3.8, 4) is 6.07 Å². The highest BCUT2D eigenvalue weighted by Gasteiger charge is 2.32. The van der Waals surface area contributed by atoms with Gasteiger partial charge in [0.25, 0.3) is 0 Å². The van der Waals surface area contributed by atoms with Crippen LogP contribution in [-0.4, -0.2) is 31.6 Å². The van der Waals surface area contributed by atoms with Gasteiger partial charge in [0.15, 0.2) is 0 Å². The second-order valence-corrected chi connectivity index (χ2v) is 4.50. The summed E-state index contributed by atoms with van der Waals surface area (Å²) < 4.78 is 0. The minimum Gasteiger partial charge on any atom is -0.300 e. The maximum absolute atomic E-state index is 9.60. The highest BCUT2D eigenvalue weighted by atomic mass is 15.2. The van der Waals surface area contributed by atoms with E-state index in [9.17, 15) is 5.26 Å². The molecule has 1 atom stereocenters. The van der Waals surface area contributed by atoms with Crippen LogP contribution in [0.25, 0.3) is 0 Å². The monoisotopic (exact) mass is 245 g/mol. The third-order valence-electron chi connectivity index (χ3n) is 3.33. The predicted molar refractivity (Wildman–Crippen MR) is 75.2 cm³/mol. The van der Waals surface area contributed by atoms with E-state index in [1.165, 1.54) is 0 Å². The Balaban J connectivity index is 2.98. The number of hydrogen-bond donors (Lipinski definition) is 1. The molecule has 0 heterocycles. The molecule has 0 spiro atoms. The number of rotatable bonds is 7. The van der Waals surface area contributed by atoms with Crippen molar-refractivity contribution in [2.75, 3.05) is 26.7 Å². The van der Waals surface area contributed by atoms with Gasteiger partial charge in [-0.1, -0.05) is 44.2 Å². The van der Waals surface area contributed by atoms with Crippen molar-refractivity contribution < 1.29 is 0 Å². The summed E-state index contributed by atoms with van der Waals surface area (Å²) in [7, 11) is 1.86. The number of hydrogen-bond acceptors (Lipinski definition) is 3. The van der Waals surface area contributed by atoms with Crippen LogP contribution < -0.4 is 5.32 Å². The zero-order valence-corrected chi connectivity index (χ0v) is 11.6. The summed E-state index contributed by atoms with van der Waals surface area (Å²) in [6.45, 7) is 7.01. The summed E-state index contributed by atoms with van der Waals surface area (Å²) in [5, 5.41) is 12.8. The molecule has 0 aliphatic heterocycles. The van der Waals surface area contributed by atoms with E-state index in [0.29, 0.717) is 6.54 Å². The molecule has 0 amide bonds. The van der Waals surface area contributed by atoms with Crippen LogP contribution >= 0.6 is 0 Å². The highest BCUT2D eigenvalue weighted by molar-refractivity contribution is 5.31. The van der Waals surface area contributed by atoms with Crippen molar-refractivity contribution in [2.45, 2.75) is 25.8 Å². The maximum Gasteiger partial charge on any atom is 0.144 e. The molecule has 1 rings (SSSR count). The van der Waals surface area contributed by atoms with E-state index in [0.717, 1.165) is 25.1 Å². The quantitative estimate of drug-likeness (QED) is 0.801. The van der Waals surface area contributed by atoms with Crippen molar-refractivity contribution in [1.82, 2.24) is 10.2 Å². The van der Waals surface area contributed by atoms with Crippen LogP contribution in [0.5, 0.6) is 0 Å². The number of nitrogens with one attached hydrogen (secondary N) is 1. The summed E-state index contributed by atoms with van der Waals surface area (Å²) in [6.07, 6.45) is 1.11. The van der Waals surface area contributed by atoms with E-state index in [1.54, 1.807) is 0 Å². The van der Waals surface area contributed by atoms with Crippen molar-refractivity contribution in [2.24, 2.45) is 0 Å². The molecule has 0 saturated carbocycles. The van der Waals surface area contributed by atoms with Gasteiger partial charge in [-0.15, -0.1) is 0 Å². The second kappa shape index (κ2) is 7.15. The third kappa shape index (κ3) is 3.32. The number of nitriles is 1. The van der Waals surface area contributed by atoms with E-state index in [-0.39, 0.29) is 0 Å². The molecule has 3 nitrogen and oxygen atoms in total. The Labute approximate surface area is 110 Å². The van der Waals surface area contributed by atoms with Crippen molar-refractivity contribution in [1.29, 1.82) is 5.26 Å². The summed E-state index contributed by atoms with van der Waals surface area (Å²) >= 11 is 0. The smallest absolute Gasteiger partial charge is 0.144 e. The molecule has 1 aromatic rings. The molecule has 0 bridgehead atoms. The van der Waals surface area contributed by atoms with Crippen LogP contribution in [0.4, 0.5) is 0 Å². The molecule has 98 valence electrons.